The fourth-order valence-electron chi connectivity index (χ4n) is 1.25. The summed E-state index contributed by atoms with van der Waals surface area (Å²) >= 11 is 11.6. The molecule has 1 aromatic rings. The molecule has 2 nitrogen and oxygen atoms in total. The largest absolute Gasteiger partial charge is 0.493 e. The predicted molar refractivity (Wildman–Crippen MR) is 66.9 cm³/mol. The van der Waals surface area contributed by atoms with E-state index in [1.54, 1.807) is 25.1 Å². The van der Waals surface area contributed by atoms with Crippen molar-refractivity contribution >= 4 is 29.0 Å². The molecule has 0 aliphatic carbocycles. The summed E-state index contributed by atoms with van der Waals surface area (Å²) in [5.41, 5.74) is 0.448. The second kappa shape index (κ2) is 6.12. The van der Waals surface area contributed by atoms with Gasteiger partial charge < -0.3 is 4.74 Å². The van der Waals surface area contributed by atoms with E-state index < -0.39 is 5.38 Å². The highest BCUT2D eigenvalue weighted by Crippen LogP contribution is 2.25. The van der Waals surface area contributed by atoms with E-state index in [4.69, 9.17) is 27.9 Å². The number of ketones is 1. The molecule has 0 spiro atoms. The third-order valence-corrected chi connectivity index (χ3v) is 2.46. The van der Waals surface area contributed by atoms with Gasteiger partial charge in [-0.3, -0.25) is 4.79 Å². The van der Waals surface area contributed by atoms with Crippen LogP contribution in [0.15, 0.2) is 18.2 Å². The van der Waals surface area contributed by atoms with E-state index in [2.05, 4.69) is 0 Å². The average Bonchev–Trinajstić information content (AvgIpc) is 2.26. The summed E-state index contributed by atoms with van der Waals surface area (Å²) in [6.07, 6.45) is 0.882. The number of ether oxygens (including phenoxy) is 1. The number of carbonyl (C=O) groups excluding carboxylic acids is 1. The summed E-state index contributed by atoms with van der Waals surface area (Å²) in [5.74, 6) is 0.374. The van der Waals surface area contributed by atoms with E-state index >= 15 is 0 Å². The quantitative estimate of drug-likeness (QED) is 0.592. The van der Waals surface area contributed by atoms with Gasteiger partial charge in [0.1, 0.15) is 5.75 Å². The van der Waals surface area contributed by atoms with Crippen molar-refractivity contribution in [3.8, 4) is 5.75 Å². The Balaban J connectivity index is 3.03. The van der Waals surface area contributed by atoms with Crippen molar-refractivity contribution in [2.24, 2.45) is 0 Å². The number of rotatable bonds is 5. The maximum Gasteiger partial charge on any atom is 0.184 e. The van der Waals surface area contributed by atoms with Crippen LogP contribution in [-0.4, -0.2) is 17.8 Å². The van der Waals surface area contributed by atoms with Crippen LogP contribution in [0.4, 0.5) is 0 Å². The van der Waals surface area contributed by atoms with Gasteiger partial charge in [0, 0.05) is 5.02 Å². The zero-order valence-electron chi connectivity index (χ0n) is 9.30. The molecule has 0 saturated heterocycles. The van der Waals surface area contributed by atoms with Crippen LogP contribution < -0.4 is 4.74 Å². The van der Waals surface area contributed by atoms with Gasteiger partial charge in [-0.2, -0.15) is 0 Å². The van der Waals surface area contributed by atoms with Crippen LogP contribution in [0.2, 0.25) is 5.02 Å². The van der Waals surface area contributed by atoms with Gasteiger partial charge in [0.05, 0.1) is 17.5 Å². The number of hydrogen-bond acceptors (Lipinski definition) is 2. The SMILES string of the molecule is CCCOc1ccc(Cl)cc1C(=O)C(C)Cl. The average molecular weight is 261 g/mol. The maximum atomic E-state index is 11.8. The molecule has 1 aromatic carbocycles. The molecule has 4 heteroatoms. The van der Waals surface area contributed by atoms with Crippen LogP contribution in [0, 0.1) is 0 Å². The minimum atomic E-state index is -0.581. The minimum absolute atomic E-state index is 0.171. The normalized spacial score (nSPS) is 12.2. The van der Waals surface area contributed by atoms with Gasteiger partial charge in [0.2, 0.25) is 0 Å². The number of alkyl halides is 1. The fraction of sp³-hybridized carbons (Fsp3) is 0.417. The molecule has 0 amide bonds. The monoisotopic (exact) mass is 260 g/mol. The third-order valence-electron chi connectivity index (χ3n) is 2.03. The smallest absolute Gasteiger partial charge is 0.184 e. The molecular formula is C12H14Cl2O2. The van der Waals surface area contributed by atoms with Crippen LogP contribution in [0.3, 0.4) is 0 Å². The standard InChI is InChI=1S/C12H14Cl2O2/c1-3-6-16-11-5-4-9(14)7-10(11)12(15)8(2)13/h4-5,7-8H,3,6H2,1-2H3. The van der Waals surface area contributed by atoms with E-state index in [1.165, 1.54) is 0 Å². The first-order valence-electron chi connectivity index (χ1n) is 5.17. The second-order valence-corrected chi connectivity index (χ2v) is 4.56. The van der Waals surface area contributed by atoms with E-state index in [0.29, 0.717) is 22.9 Å². The lowest BCUT2D eigenvalue weighted by Gasteiger charge is -2.11. The van der Waals surface area contributed by atoms with Crippen LogP contribution in [-0.2, 0) is 0 Å². The van der Waals surface area contributed by atoms with Gasteiger partial charge in [0.15, 0.2) is 5.78 Å². The Hall–Kier alpha value is -0.730. The number of halogens is 2. The molecule has 0 bridgehead atoms. The highest BCUT2D eigenvalue weighted by atomic mass is 35.5. The molecule has 1 atom stereocenters. The lowest BCUT2D eigenvalue weighted by Crippen LogP contribution is -2.12. The van der Waals surface area contributed by atoms with Gasteiger partial charge in [-0.05, 0) is 31.5 Å². The zero-order valence-corrected chi connectivity index (χ0v) is 10.8. The summed E-state index contributed by atoms with van der Waals surface area (Å²) < 4.78 is 5.47. The van der Waals surface area contributed by atoms with Gasteiger partial charge in [-0.1, -0.05) is 18.5 Å². The van der Waals surface area contributed by atoms with E-state index in [-0.39, 0.29) is 5.78 Å². The topological polar surface area (TPSA) is 26.3 Å². The van der Waals surface area contributed by atoms with Crippen molar-refractivity contribution in [1.82, 2.24) is 0 Å². The van der Waals surface area contributed by atoms with Crippen molar-refractivity contribution in [2.45, 2.75) is 25.6 Å². The van der Waals surface area contributed by atoms with Crippen LogP contribution in [0.5, 0.6) is 5.75 Å². The molecule has 0 heterocycles. The first kappa shape index (κ1) is 13.3. The molecule has 1 unspecified atom stereocenters. The highest BCUT2D eigenvalue weighted by Gasteiger charge is 2.17. The molecule has 0 saturated carbocycles. The number of Topliss-reactive ketones (excluding diaryl/α,β-unsaturated/α-hetero) is 1. The second-order valence-electron chi connectivity index (χ2n) is 3.47. The molecule has 0 fully saturated rings. The zero-order chi connectivity index (χ0) is 12.1. The summed E-state index contributed by atoms with van der Waals surface area (Å²) in [6.45, 7) is 4.20. The molecule has 0 aliphatic heterocycles. The van der Waals surface area contributed by atoms with Crippen molar-refractivity contribution in [3.63, 3.8) is 0 Å². The Bertz CT molecular complexity index is 375. The third kappa shape index (κ3) is 3.39. The highest BCUT2D eigenvalue weighted by molar-refractivity contribution is 6.35. The lowest BCUT2D eigenvalue weighted by molar-refractivity contribution is 0.0988. The summed E-state index contributed by atoms with van der Waals surface area (Å²) in [4.78, 5) is 11.8. The van der Waals surface area contributed by atoms with Crippen molar-refractivity contribution in [2.75, 3.05) is 6.61 Å². The first-order valence-corrected chi connectivity index (χ1v) is 5.98. The van der Waals surface area contributed by atoms with E-state index in [9.17, 15) is 4.79 Å². The van der Waals surface area contributed by atoms with Gasteiger partial charge >= 0.3 is 0 Å². The van der Waals surface area contributed by atoms with Crippen LogP contribution in [0.1, 0.15) is 30.6 Å². The Labute approximate surface area is 106 Å². The summed E-state index contributed by atoms with van der Waals surface area (Å²) in [5, 5.41) is -0.0769. The Morgan fingerprint density at radius 1 is 1.50 bits per heavy atom. The lowest BCUT2D eigenvalue weighted by atomic mass is 10.1. The number of benzene rings is 1. The first-order chi connectivity index (χ1) is 7.56. The number of carbonyl (C=O) groups is 1. The molecule has 0 aromatic heterocycles. The molecule has 16 heavy (non-hydrogen) atoms. The Kier molecular flexibility index (Phi) is 5.10. The van der Waals surface area contributed by atoms with Gasteiger partial charge in [0.25, 0.3) is 0 Å². The predicted octanol–water partition coefficient (Wildman–Crippen LogP) is 3.94. The van der Waals surface area contributed by atoms with Crippen LogP contribution >= 0.6 is 23.2 Å². The van der Waals surface area contributed by atoms with E-state index in [1.807, 2.05) is 6.92 Å². The van der Waals surface area contributed by atoms with E-state index in [0.717, 1.165) is 6.42 Å². The maximum absolute atomic E-state index is 11.8. The summed E-state index contributed by atoms with van der Waals surface area (Å²) in [7, 11) is 0. The summed E-state index contributed by atoms with van der Waals surface area (Å²) in [6, 6.07) is 4.99. The molecule has 1 rings (SSSR count). The molecule has 88 valence electrons. The van der Waals surface area contributed by atoms with Crippen molar-refractivity contribution in [3.05, 3.63) is 28.8 Å². The van der Waals surface area contributed by atoms with Gasteiger partial charge in [-0.25, -0.2) is 0 Å². The molecule has 0 radical (unpaired) electrons. The molecule has 0 aliphatic rings. The number of hydrogen-bond donors (Lipinski definition) is 0. The van der Waals surface area contributed by atoms with Crippen molar-refractivity contribution in [1.29, 1.82) is 0 Å². The van der Waals surface area contributed by atoms with Crippen LogP contribution in [0.25, 0.3) is 0 Å². The molecule has 0 N–H and O–H groups in total. The fourth-order valence-corrected chi connectivity index (χ4v) is 1.54. The van der Waals surface area contributed by atoms with Crippen molar-refractivity contribution < 1.29 is 9.53 Å². The van der Waals surface area contributed by atoms with Gasteiger partial charge in [-0.15, -0.1) is 11.6 Å². The molecular weight excluding hydrogens is 247 g/mol. The Morgan fingerprint density at radius 2 is 2.19 bits per heavy atom. The minimum Gasteiger partial charge on any atom is -0.493 e. The Morgan fingerprint density at radius 3 is 2.75 bits per heavy atom.